The predicted octanol–water partition coefficient (Wildman–Crippen LogP) is -0.0656. The van der Waals surface area contributed by atoms with E-state index in [0.717, 1.165) is 0 Å². The maximum Gasteiger partial charge on any atom is 0.241 e. The van der Waals surface area contributed by atoms with Crippen molar-refractivity contribution < 1.29 is 18.0 Å². The number of benzene rings is 1. The highest BCUT2D eigenvalue weighted by molar-refractivity contribution is 7.89. The van der Waals surface area contributed by atoms with E-state index in [1.165, 1.54) is 12.4 Å². The molecule has 8 heteroatoms. The lowest BCUT2D eigenvalue weighted by molar-refractivity contribution is 0.350. The van der Waals surface area contributed by atoms with Crippen molar-refractivity contribution in [3.8, 4) is 11.8 Å². The molecule has 0 saturated heterocycles. The van der Waals surface area contributed by atoms with E-state index in [1.807, 2.05) is 0 Å². The van der Waals surface area contributed by atoms with E-state index < -0.39 is 10.0 Å². The average Bonchev–Trinajstić information content (AvgIpc) is 2.98. The Balaban J connectivity index is 2.12. The van der Waals surface area contributed by atoms with Gasteiger partial charge in [0.2, 0.25) is 15.9 Å². The zero-order valence-electron chi connectivity index (χ0n) is 11.0. The molecule has 0 aliphatic carbocycles. The molecule has 0 aliphatic rings. The van der Waals surface area contributed by atoms with Crippen LogP contribution in [0.3, 0.4) is 0 Å². The first-order chi connectivity index (χ1) is 10.1. The third kappa shape index (κ3) is 4.13. The quantitative estimate of drug-likeness (QED) is 0.749. The monoisotopic (exact) mass is 307 g/mol. The van der Waals surface area contributed by atoms with Crippen molar-refractivity contribution in [3.05, 3.63) is 42.0 Å². The largest absolute Gasteiger partial charge is 0.384 e. The van der Waals surface area contributed by atoms with E-state index in [4.69, 9.17) is 9.63 Å². The van der Waals surface area contributed by atoms with Gasteiger partial charge in [-0.15, -0.1) is 0 Å². The third-order valence-electron chi connectivity index (χ3n) is 2.52. The Hall–Kier alpha value is -2.21. The molecule has 7 nitrogen and oxygen atoms in total. The normalized spacial score (nSPS) is 10.9. The van der Waals surface area contributed by atoms with Crippen LogP contribution in [0.15, 0.2) is 40.0 Å². The molecular formula is C13H13N3O4S. The van der Waals surface area contributed by atoms with Crippen LogP contribution in [0.1, 0.15) is 11.5 Å². The number of nitrogens with zero attached hydrogens (tertiary/aromatic N) is 2. The predicted molar refractivity (Wildman–Crippen MR) is 73.6 cm³/mol. The van der Waals surface area contributed by atoms with Crippen molar-refractivity contribution in [1.29, 1.82) is 0 Å². The summed E-state index contributed by atoms with van der Waals surface area (Å²) in [5.74, 6) is 5.40. The summed E-state index contributed by atoms with van der Waals surface area (Å²) < 4.78 is 31.7. The van der Waals surface area contributed by atoms with E-state index in [2.05, 4.69) is 26.7 Å². The van der Waals surface area contributed by atoms with Crippen molar-refractivity contribution in [1.82, 2.24) is 14.9 Å². The van der Waals surface area contributed by atoms with Crippen LogP contribution >= 0.6 is 0 Å². The molecule has 0 amide bonds. The number of nitrogens with one attached hydrogen (secondary N) is 1. The smallest absolute Gasteiger partial charge is 0.241 e. The van der Waals surface area contributed by atoms with E-state index in [0.29, 0.717) is 17.9 Å². The van der Waals surface area contributed by atoms with Gasteiger partial charge in [0.15, 0.2) is 6.33 Å². The first-order valence-electron chi connectivity index (χ1n) is 6.07. The summed E-state index contributed by atoms with van der Waals surface area (Å²) in [6.45, 7) is -0.203. The molecule has 0 saturated carbocycles. The Bertz CT molecular complexity index is 745. The van der Waals surface area contributed by atoms with Crippen LogP contribution < -0.4 is 4.72 Å². The van der Waals surface area contributed by atoms with Crippen LogP contribution in [-0.2, 0) is 16.4 Å². The molecule has 2 aromatic rings. The molecule has 0 bridgehead atoms. The Morgan fingerprint density at radius 1 is 1.33 bits per heavy atom. The van der Waals surface area contributed by atoms with Crippen LogP contribution in [0.4, 0.5) is 0 Å². The summed E-state index contributed by atoms with van der Waals surface area (Å²) >= 11 is 0. The Morgan fingerprint density at radius 2 is 2.14 bits per heavy atom. The molecule has 0 radical (unpaired) electrons. The Morgan fingerprint density at radius 3 is 2.86 bits per heavy atom. The number of hydrogen-bond acceptors (Lipinski definition) is 6. The second-order valence-electron chi connectivity index (χ2n) is 3.94. The van der Waals surface area contributed by atoms with E-state index in [1.54, 1.807) is 18.2 Å². The van der Waals surface area contributed by atoms with Crippen molar-refractivity contribution in [2.75, 3.05) is 13.2 Å². The third-order valence-corrected chi connectivity index (χ3v) is 4.04. The topological polar surface area (TPSA) is 105 Å². The standard InChI is InChI=1S/C13H13N3O4S/c17-9-3-5-11-4-1-2-6-12(11)21(18,19)16-8-7-13-14-10-15-20-13/h1-2,4,6,10,16-17H,7-9H2. The number of aliphatic hydroxyl groups is 1. The van der Waals surface area contributed by atoms with E-state index >= 15 is 0 Å². The summed E-state index contributed by atoms with van der Waals surface area (Å²) in [5.41, 5.74) is 0.330. The molecule has 2 rings (SSSR count). The van der Waals surface area contributed by atoms with E-state index in [-0.39, 0.29) is 18.0 Å². The molecule has 0 spiro atoms. The zero-order chi connectivity index (χ0) is 15.1. The van der Waals surface area contributed by atoms with Gasteiger partial charge in [-0.25, -0.2) is 13.1 Å². The maximum atomic E-state index is 12.2. The van der Waals surface area contributed by atoms with Gasteiger partial charge in [0.1, 0.15) is 6.61 Å². The van der Waals surface area contributed by atoms with Gasteiger partial charge in [0.05, 0.1) is 4.90 Å². The van der Waals surface area contributed by atoms with Gasteiger partial charge >= 0.3 is 0 Å². The molecule has 110 valence electrons. The minimum absolute atomic E-state index is 0.0662. The minimum atomic E-state index is -3.70. The zero-order valence-corrected chi connectivity index (χ0v) is 11.8. The molecule has 2 N–H and O–H groups in total. The lowest BCUT2D eigenvalue weighted by Gasteiger charge is -2.07. The van der Waals surface area contributed by atoms with Crippen LogP contribution in [0.5, 0.6) is 0 Å². The van der Waals surface area contributed by atoms with Gasteiger partial charge in [-0.05, 0) is 12.1 Å². The minimum Gasteiger partial charge on any atom is -0.384 e. The summed E-state index contributed by atoms with van der Waals surface area (Å²) in [6.07, 6.45) is 1.55. The van der Waals surface area contributed by atoms with Gasteiger partial charge in [0, 0.05) is 18.5 Å². The number of aromatic nitrogens is 2. The molecular weight excluding hydrogens is 294 g/mol. The molecule has 21 heavy (non-hydrogen) atoms. The fourth-order valence-corrected chi connectivity index (χ4v) is 2.81. The number of aliphatic hydroxyl groups excluding tert-OH is 1. The highest BCUT2D eigenvalue weighted by Gasteiger charge is 2.17. The molecule has 1 aromatic heterocycles. The van der Waals surface area contributed by atoms with Gasteiger partial charge in [-0.1, -0.05) is 29.1 Å². The Labute approximate surface area is 122 Å². The number of hydrogen-bond donors (Lipinski definition) is 2. The van der Waals surface area contributed by atoms with Crippen molar-refractivity contribution >= 4 is 10.0 Å². The van der Waals surface area contributed by atoms with Crippen molar-refractivity contribution in [3.63, 3.8) is 0 Å². The summed E-state index contributed by atoms with van der Waals surface area (Å²) in [4.78, 5) is 3.87. The van der Waals surface area contributed by atoms with Crippen LogP contribution in [0.25, 0.3) is 0 Å². The van der Waals surface area contributed by atoms with Gasteiger partial charge < -0.3 is 9.63 Å². The SMILES string of the molecule is O=S(=O)(NCCc1ncno1)c1ccccc1C#CCO. The molecule has 1 heterocycles. The number of rotatable bonds is 5. The van der Waals surface area contributed by atoms with E-state index in [9.17, 15) is 8.42 Å². The maximum absolute atomic E-state index is 12.2. The Kier molecular flexibility index (Phi) is 5.05. The fourth-order valence-electron chi connectivity index (χ4n) is 1.62. The second kappa shape index (κ2) is 6.99. The van der Waals surface area contributed by atoms with Crippen LogP contribution in [-0.4, -0.2) is 36.8 Å². The number of sulfonamides is 1. The first-order valence-corrected chi connectivity index (χ1v) is 7.56. The van der Waals surface area contributed by atoms with Crippen molar-refractivity contribution in [2.24, 2.45) is 0 Å². The molecule has 0 aliphatic heterocycles. The highest BCUT2D eigenvalue weighted by atomic mass is 32.2. The summed E-state index contributed by atoms with van der Waals surface area (Å²) in [5, 5.41) is 12.1. The van der Waals surface area contributed by atoms with Gasteiger partial charge in [-0.3, -0.25) is 0 Å². The lowest BCUT2D eigenvalue weighted by atomic mass is 10.2. The first kappa shape index (κ1) is 15.2. The lowest BCUT2D eigenvalue weighted by Crippen LogP contribution is -2.26. The molecule has 0 unspecified atom stereocenters. The van der Waals surface area contributed by atoms with Crippen molar-refractivity contribution in [2.45, 2.75) is 11.3 Å². The summed E-state index contributed by atoms with van der Waals surface area (Å²) in [7, 11) is -3.70. The van der Waals surface area contributed by atoms with Gasteiger partial charge in [-0.2, -0.15) is 4.98 Å². The summed E-state index contributed by atoms with van der Waals surface area (Å²) in [6, 6.07) is 6.32. The average molecular weight is 307 g/mol. The molecule has 1 aromatic carbocycles. The van der Waals surface area contributed by atoms with Gasteiger partial charge in [0.25, 0.3) is 0 Å². The molecule has 0 atom stereocenters. The highest BCUT2D eigenvalue weighted by Crippen LogP contribution is 2.14. The van der Waals surface area contributed by atoms with Crippen LogP contribution in [0, 0.1) is 11.8 Å². The fraction of sp³-hybridized carbons (Fsp3) is 0.231. The second-order valence-corrected chi connectivity index (χ2v) is 5.67. The molecule has 0 fully saturated rings. The van der Waals surface area contributed by atoms with Crippen LogP contribution in [0.2, 0.25) is 0 Å².